The van der Waals surface area contributed by atoms with E-state index in [0.717, 1.165) is 12.3 Å². The van der Waals surface area contributed by atoms with E-state index in [9.17, 15) is 18.0 Å². The standard InChI is InChI=1S/C22H23F3N4O2/c1-21(2,3)20(30)28-9-10-31-18(13-28)16-6-4-5-15(27-16)17-11-26-19-8-7-14(12-29(17)19)22(23,24)25/h4-8,11-12,18H,9-10,13H2,1-3H3. The van der Waals surface area contributed by atoms with Crippen molar-refractivity contribution in [2.75, 3.05) is 19.7 Å². The molecule has 0 spiro atoms. The number of rotatable bonds is 2. The normalized spacial score (nSPS) is 17.9. The van der Waals surface area contributed by atoms with Gasteiger partial charge in [0.05, 0.1) is 42.0 Å². The number of alkyl halides is 3. The highest BCUT2D eigenvalue weighted by Gasteiger charge is 2.33. The smallest absolute Gasteiger partial charge is 0.368 e. The molecule has 0 radical (unpaired) electrons. The van der Waals surface area contributed by atoms with E-state index < -0.39 is 23.3 Å². The number of fused-ring (bicyclic) bond motifs is 1. The van der Waals surface area contributed by atoms with Gasteiger partial charge >= 0.3 is 6.18 Å². The Morgan fingerprint density at radius 2 is 1.94 bits per heavy atom. The van der Waals surface area contributed by atoms with Gasteiger partial charge in [-0.2, -0.15) is 13.2 Å². The van der Waals surface area contributed by atoms with Crippen LogP contribution in [0.5, 0.6) is 0 Å². The van der Waals surface area contributed by atoms with Crippen LogP contribution >= 0.6 is 0 Å². The molecular formula is C22H23F3N4O2. The Morgan fingerprint density at radius 1 is 1.16 bits per heavy atom. The minimum Gasteiger partial charge on any atom is -0.368 e. The number of imidazole rings is 1. The van der Waals surface area contributed by atoms with Gasteiger partial charge in [-0.3, -0.25) is 9.20 Å². The first-order valence-electron chi connectivity index (χ1n) is 9.96. The quantitative estimate of drug-likeness (QED) is 0.604. The number of carbonyl (C=O) groups excluding carboxylic acids is 1. The molecule has 0 aliphatic carbocycles. The number of pyridine rings is 2. The van der Waals surface area contributed by atoms with Gasteiger partial charge in [0.2, 0.25) is 5.91 Å². The minimum atomic E-state index is -4.45. The van der Waals surface area contributed by atoms with Crippen LogP contribution in [-0.2, 0) is 15.7 Å². The third-order valence-electron chi connectivity index (χ3n) is 5.19. The van der Waals surface area contributed by atoms with Crippen molar-refractivity contribution in [3.8, 4) is 11.4 Å². The second-order valence-electron chi connectivity index (χ2n) is 8.60. The largest absolute Gasteiger partial charge is 0.417 e. The van der Waals surface area contributed by atoms with Crippen molar-refractivity contribution in [3.05, 3.63) is 54.0 Å². The Labute approximate surface area is 177 Å². The fourth-order valence-electron chi connectivity index (χ4n) is 3.60. The highest BCUT2D eigenvalue weighted by molar-refractivity contribution is 5.81. The summed E-state index contributed by atoms with van der Waals surface area (Å²) in [5.41, 5.74) is 0.678. The lowest BCUT2D eigenvalue weighted by atomic mass is 9.94. The molecule has 31 heavy (non-hydrogen) atoms. The zero-order valence-corrected chi connectivity index (χ0v) is 17.5. The fourth-order valence-corrected chi connectivity index (χ4v) is 3.60. The van der Waals surface area contributed by atoms with Crippen molar-refractivity contribution in [1.82, 2.24) is 19.3 Å². The lowest BCUT2D eigenvalue weighted by Crippen LogP contribution is -2.47. The van der Waals surface area contributed by atoms with Crippen LogP contribution < -0.4 is 0 Å². The van der Waals surface area contributed by atoms with Crippen molar-refractivity contribution in [2.45, 2.75) is 33.1 Å². The molecule has 0 aromatic carbocycles. The molecule has 0 N–H and O–H groups in total. The van der Waals surface area contributed by atoms with Gasteiger partial charge in [-0.15, -0.1) is 0 Å². The van der Waals surface area contributed by atoms with E-state index in [2.05, 4.69) is 9.97 Å². The molecule has 3 aromatic rings. The Morgan fingerprint density at radius 3 is 2.65 bits per heavy atom. The number of aromatic nitrogens is 3. The molecule has 164 valence electrons. The molecular weight excluding hydrogens is 409 g/mol. The summed E-state index contributed by atoms with van der Waals surface area (Å²) in [6.45, 7) is 6.90. The molecule has 6 nitrogen and oxygen atoms in total. The number of ether oxygens (including phenoxy) is 1. The van der Waals surface area contributed by atoms with E-state index in [4.69, 9.17) is 4.74 Å². The third kappa shape index (κ3) is 4.27. The van der Waals surface area contributed by atoms with Crippen LogP contribution in [0.1, 0.15) is 38.1 Å². The van der Waals surface area contributed by atoms with Crippen LogP contribution in [0.3, 0.4) is 0 Å². The number of amides is 1. The van der Waals surface area contributed by atoms with Crippen LogP contribution in [0.4, 0.5) is 13.2 Å². The van der Waals surface area contributed by atoms with Gasteiger partial charge < -0.3 is 9.64 Å². The maximum atomic E-state index is 13.2. The van der Waals surface area contributed by atoms with Crippen LogP contribution in [0.15, 0.2) is 42.7 Å². The highest BCUT2D eigenvalue weighted by Crippen LogP contribution is 2.31. The molecule has 1 aliphatic heterocycles. The van der Waals surface area contributed by atoms with E-state index >= 15 is 0 Å². The fraction of sp³-hybridized carbons (Fsp3) is 0.409. The minimum absolute atomic E-state index is 0.0402. The second kappa shape index (κ2) is 7.64. The van der Waals surface area contributed by atoms with Crippen LogP contribution in [0.25, 0.3) is 17.0 Å². The summed E-state index contributed by atoms with van der Waals surface area (Å²) in [5.74, 6) is 0.0402. The molecule has 1 saturated heterocycles. The average Bonchev–Trinajstić information content (AvgIpc) is 3.15. The molecule has 1 unspecified atom stereocenters. The van der Waals surface area contributed by atoms with Crippen molar-refractivity contribution >= 4 is 11.6 Å². The first kappa shape index (κ1) is 21.3. The Bertz CT molecular complexity index is 1120. The van der Waals surface area contributed by atoms with Crippen molar-refractivity contribution < 1.29 is 22.7 Å². The molecule has 0 saturated carbocycles. The van der Waals surface area contributed by atoms with Gasteiger partial charge in [-0.1, -0.05) is 26.8 Å². The zero-order valence-electron chi connectivity index (χ0n) is 17.5. The number of morpholine rings is 1. The molecule has 4 heterocycles. The summed E-state index contributed by atoms with van der Waals surface area (Å²) in [7, 11) is 0. The zero-order chi connectivity index (χ0) is 22.4. The Balaban J connectivity index is 1.65. The lowest BCUT2D eigenvalue weighted by Gasteiger charge is -2.36. The molecule has 0 bridgehead atoms. The predicted octanol–water partition coefficient (Wildman–Crippen LogP) is 4.36. The maximum absolute atomic E-state index is 13.2. The lowest BCUT2D eigenvalue weighted by molar-refractivity contribution is -0.147. The summed E-state index contributed by atoms with van der Waals surface area (Å²) in [6, 6.07) is 7.62. The van der Waals surface area contributed by atoms with Crippen LogP contribution in [0.2, 0.25) is 0 Å². The number of halogens is 3. The number of hydrogen-bond donors (Lipinski definition) is 0. The summed E-state index contributed by atoms with van der Waals surface area (Å²) >= 11 is 0. The SMILES string of the molecule is CC(C)(C)C(=O)N1CCOC(c2cccc(-c3cnc4ccc(C(F)(F)F)cn34)n2)C1. The predicted molar refractivity (Wildman–Crippen MR) is 108 cm³/mol. The highest BCUT2D eigenvalue weighted by atomic mass is 19.4. The van der Waals surface area contributed by atoms with E-state index in [-0.39, 0.29) is 5.91 Å². The maximum Gasteiger partial charge on any atom is 0.417 e. The summed E-state index contributed by atoms with van der Waals surface area (Å²) < 4.78 is 46.7. The van der Waals surface area contributed by atoms with E-state index in [0.29, 0.717) is 42.4 Å². The third-order valence-corrected chi connectivity index (χ3v) is 5.19. The molecule has 1 aliphatic rings. The number of carbonyl (C=O) groups is 1. The van der Waals surface area contributed by atoms with E-state index in [1.807, 2.05) is 20.8 Å². The van der Waals surface area contributed by atoms with Crippen molar-refractivity contribution in [2.24, 2.45) is 5.41 Å². The Kier molecular flexibility index (Phi) is 5.25. The van der Waals surface area contributed by atoms with Gasteiger partial charge in [0.1, 0.15) is 11.8 Å². The average molecular weight is 432 g/mol. The van der Waals surface area contributed by atoms with E-state index in [1.54, 1.807) is 23.1 Å². The monoisotopic (exact) mass is 432 g/mol. The topological polar surface area (TPSA) is 59.7 Å². The number of hydrogen-bond acceptors (Lipinski definition) is 4. The number of nitrogens with zero attached hydrogens (tertiary/aromatic N) is 4. The van der Waals surface area contributed by atoms with Gasteiger partial charge in [-0.05, 0) is 24.3 Å². The van der Waals surface area contributed by atoms with Gasteiger partial charge in [0, 0.05) is 18.2 Å². The molecule has 3 aromatic heterocycles. The molecule has 9 heteroatoms. The van der Waals surface area contributed by atoms with Crippen molar-refractivity contribution in [1.29, 1.82) is 0 Å². The molecule has 1 fully saturated rings. The molecule has 1 amide bonds. The summed E-state index contributed by atoms with van der Waals surface area (Å²) in [4.78, 5) is 23.3. The van der Waals surface area contributed by atoms with E-state index in [1.165, 1.54) is 16.7 Å². The first-order valence-corrected chi connectivity index (χ1v) is 9.96. The van der Waals surface area contributed by atoms with Gasteiger partial charge in [0.15, 0.2) is 0 Å². The second-order valence-corrected chi connectivity index (χ2v) is 8.60. The van der Waals surface area contributed by atoms with Crippen LogP contribution in [-0.4, -0.2) is 44.9 Å². The van der Waals surface area contributed by atoms with Gasteiger partial charge in [-0.25, -0.2) is 9.97 Å². The summed E-state index contributed by atoms with van der Waals surface area (Å²) in [6.07, 6.45) is -2.35. The summed E-state index contributed by atoms with van der Waals surface area (Å²) in [5, 5.41) is 0. The first-order chi connectivity index (χ1) is 14.5. The molecule has 1 atom stereocenters. The molecule has 4 rings (SSSR count). The Hall–Kier alpha value is -2.94. The van der Waals surface area contributed by atoms with Crippen molar-refractivity contribution in [3.63, 3.8) is 0 Å². The van der Waals surface area contributed by atoms with Crippen LogP contribution in [0, 0.1) is 5.41 Å². The van der Waals surface area contributed by atoms with Gasteiger partial charge in [0.25, 0.3) is 0 Å².